The average molecular weight is 314 g/mol. The van der Waals surface area contributed by atoms with Crippen molar-refractivity contribution in [3.63, 3.8) is 0 Å². The molecule has 0 saturated carbocycles. The van der Waals surface area contributed by atoms with E-state index in [1.54, 1.807) is 12.1 Å². The largest absolute Gasteiger partial charge is 0.493 e. The Kier molecular flexibility index (Phi) is 3.11. The van der Waals surface area contributed by atoms with E-state index in [0.717, 1.165) is 24.0 Å². The summed E-state index contributed by atoms with van der Waals surface area (Å²) in [5.74, 6) is 1.08. The van der Waals surface area contributed by atoms with Crippen LogP contribution in [0, 0.1) is 11.3 Å². The maximum Gasteiger partial charge on any atom is 0.336 e. The van der Waals surface area contributed by atoms with E-state index in [1.807, 2.05) is 12.1 Å². The minimum atomic E-state index is -0.343. The minimum absolute atomic E-state index is 0.0857. The van der Waals surface area contributed by atoms with Crippen LogP contribution in [-0.4, -0.2) is 18.3 Å². The Morgan fingerprint density at radius 3 is 2.74 bits per heavy atom. The van der Waals surface area contributed by atoms with Crippen LogP contribution in [0.3, 0.4) is 0 Å². The molecule has 3 heterocycles. The van der Waals surface area contributed by atoms with Gasteiger partial charge in [-0.2, -0.15) is 0 Å². The number of rotatable bonds is 3. The van der Waals surface area contributed by atoms with Gasteiger partial charge in [0.25, 0.3) is 0 Å². The standard InChI is InChI=1S/C19H22O4/c1-18(2)15(19(3)9-8-16(18)23-19)11-21-13-6-4-12-5-7-17(20)22-14(12)10-13/h4-7,10,15-16H,8-9,11H2,1-3H3. The summed E-state index contributed by atoms with van der Waals surface area (Å²) < 4.78 is 17.5. The number of ether oxygens (including phenoxy) is 2. The molecule has 23 heavy (non-hydrogen) atoms. The van der Waals surface area contributed by atoms with Crippen LogP contribution in [0.4, 0.5) is 0 Å². The summed E-state index contributed by atoms with van der Waals surface area (Å²) in [7, 11) is 0. The first-order valence-corrected chi connectivity index (χ1v) is 8.23. The summed E-state index contributed by atoms with van der Waals surface area (Å²) in [6.45, 7) is 7.36. The summed E-state index contributed by atoms with van der Waals surface area (Å²) in [4.78, 5) is 11.4. The van der Waals surface area contributed by atoms with Crippen molar-refractivity contribution in [3.8, 4) is 5.75 Å². The SMILES string of the molecule is CC12CCC(O1)C(C)(C)C2COc1ccc2ccc(=O)oc2c1. The summed E-state index contributed by atoms with van der Waals surface area (Å²) >= 11 is 0. The highest BCUT2D eigenvalue weighted by molar-refractivity contribution is 5.77. The molecule has 4 rings (SSSR count). The van der Waals surface area contributed by atoms with Gasteiger partial charge in [0.1, 0.15) is 11.3 Å². The van der Waals surface area contributed by atoms with E-state index in [4.69, 9.17) is 13.9 Å². The van der Waals surface area contributed by atoms with E-state index in [9.17, 15) is 4.79 Å². The monoisotopic (exact) mass is 314 g/mol. The third-order valence-corrected chi connectivity index (χ3v) is 5.79. The fraction of sp³-hybridized carbons (Fsp3) is 0.526. The van der Waals surface area contributed by atoms with Gasteiger partial charge in [0.2, 0.25) is 0 Å². The second-order valence-electron chi connectivity index (χ2n) is 7.60. The first-order valence-electron chi connectivity index (χ1n) is 8.23. The van der Waals surface area contributed by atoms with Crippen LogP contribution in [0.25, 0.3) is 11.0 Å². The zero-order chi connectivity index (χ0) is 16.2. The summed E-state index contributed by atoms with van der Waals surface area (Å²) in [5, 5.41) is 0.896. The Labute approximate surface area is 135 Å². The fourth-order valence-electron chi connectivity index (χ4n) is 4.35. The van der Waals surface area contributed by atoms with Crippen molar-refractivity contribution in [1.82, 2.24) is 0 Å². The van der Waals surface area contributed by atoms with Crippen molar-refractivity contribution in [1.29, 1.82) is 0 Å². The molecule has 0 radical (unpaired) electrons. The molecular formula is C19H22O4. The zero-order valence-corrected chi connectivity index (χ0v) is 13.8. The van der Waals surface area contributed by atoms with Crippen molar-refractivity contribution in [2.24, 2.45) is 11.3 Å². The summed E-state index contributed by atoms with van der Waals surface area (Å²) in [6, 6.07) is 8.82. The molecule has 0 aliphatic carbocycles. The molecule has 3 atom stereocenters. The molecule has 2 aromatic rings. The molecule has 2 aliphatic heterocycles. The van der Waals surface area contributed by atoms with Crippen molar-refractivity contribution in [3.05, 3.63) is 40.8 Å². The van der Waals surface area contributed by atoms with Crippen LogP contribution < -0.4 is 10.4 Å². The molecule has 2 fully saturated rings. The van der Waals surface area contributed by atoms with Crippen LogP contribution in [0.1, 0.15) is 33.6 Å². The molecule has 0 amide bonds. The Balaban J connectivity index is 1.56. The van der Waals surface area contributed by atoms with Gasteiger partial charge in [-0.1, -0.05) is 13.8 Å². The van der Waals surface area contributed by atoms with Crippen molar-refractivity contribution in [2.75, 3.05) is 6.61 Å². The van der Waals surface area contributed by atoms with Crippen LogP contribution in [0.15, 0.2) is 39.5 Å². The average Bonchev–Trinajstić information content (AvgIpc) is 2.97. The van der Waals surface area contributed by atoms with E-state index in [1.165, 1.54) is 6.07 Å². The lowest BCUT2D eigenvalue weighted by molar-refractivity contribution is -0.00274. The van der Waals surface area contributed by atoms with Gasteiger partial charge in [-0.15, -0.1) is 0 Å². The van der Waals surface area contributed by atoms with E-state index in [0.29, 0.717) is 24.2 Å². The lowest BCUT2D eigenvalue weighted by Gasteiger charge is -2.38. The van der Waals surface area contributed by atoms with E-state index < -0.39 is 0 Å². The van der Waals surface area contributed by atoms with Crippen LogP contribution in [0.2, 0.25) is 0 Å². The molecule has 122 valence electrons. The van der Waals surface area contributed by atoms with Crippen molar-refractivity contribution < 1.29 is 13.9 Å². The van der Waals surface area contributed by atoms with E-state index in [2.05, 4.69) is 20.8 Å². The highest BCUT2D eigenvalue weighted by Gasteiger charge is 2.61. The maximum atomic E-state index is 11.4. The van der Waals surface area contributed by atoms with Crippen LogP contribution in [-0.2, 0) is 4.74 Å². The molecule has 2 aliphatic rings. The molecule has 4 nitrogen and oxygen atoms in total. The van der Waals surface area contributed by atoms with Gasteiger partial charge in [-0.05, 0) is 43.4 Å². The van der Waals surface area contributed by atoms with Gasteiger partial charge in [-0.25, -0.2) is 4.79 Å². The van der Waals surface area contributed by atoms with Crippen molar-refractivity contribution >= 4 is 11.0 Å². The van der Waals surface area contributed by atoms with Crippen LogP contribution >= 0.6 is 0 Å². The van der Waals surface area contributed by atoms with E-state index >= 15 is 0 Å². The van der Waals surface area contributed by atoms with E-state index in [-0.39, 0.29) is 16.6 Å². The van der Waals surface area contributed by atoms with Gasteiger partial charge < -0.3 is 13.9 Å². The topological polar surface area (TPSA) is 48.7 Å². The third kappa shape index (κ3) is 2.27. The smallest absolute Gasteiger partial charge is 0.336 e. The fourth-order valence-corrected chi connectivity index (χ4v) is 4.35. The number of benzene rings is 1. The number of hydrogen-bond donors (Lipinski definition) is 0. The molecule has 4 heteroatoms. The molecule has 0 spiro atoms. The Morgan fingerprint density at radius 1 is 1.22 bits per heavy atom. The lowest BCUT2D eigenvalue weighted by Crippen LogP contribution is -2.43. The predicted octanol–water partition coefficient (Wildman–Crippen LogP) is 3.77. The quantitative estimate of drug-likeness (QED) is 0.809. The predicted molar refractivity (Wildman–Crippen MR) is 87.8 cm³/mol. The van der Waals surface area contributed by atoms with Crippen LogP contribution in [0.5, 0.6) is 5.75 Å². The Morgan fingerprint density at radius 2 is 2.00 bits per heavy atom. The summed E-state index contributed by atoms with van der Waals surface area (Å²) in [6.07, 6.45) is 2.57. The highest BCUT2D eigenvalue weighted by Crippen LogP contribution is 2.57. The molecule has 0 N–H and O–H groups in total. The second kappa shape index (κ2) is 4.84. The molecule has 2 bridgehead atoms. The molecule has 2 saturated heterocycles. The zero-order valence-electron chi connectivity index (χ0n) is 13.8. The normalized spacial score (nSPS) is 31.6. The van der Waals surface area contributed by atoms with Crippen molar-refractivity contribution in [2.45, 2.75) is 45.3 Å². The molecule has 3 unspecified atom stereocenters. The minimum Gasteiger partial charge on any atom is -0.493 e. The molecule has 1 aromatic carbocycles. The molecule has 1 aromatic heterocycles. The Bertz CT molecular complexity index is 802. The highest BCUT2D eigenvalue weighted by atomic mass is 16.5. The third-order valence-electron chi connectivity index (χ3n) is 5.79. The lowest BCUT2D eigenvalue weighted by atomic mass is 9.64. The van der Waals surface area contributed by atoms with Gasteiger partial charge in [0, 0.05) is 23.4 Å². The Hall–Kier alpha value is -1.81. The first-order chi connectivity index (χ1) is 10.9. The second-order valence-corrected chi connectivity index (χ2v) is 7.60. The maximum absolute atomic E-state index is 11.4. The van der Waals surface area contributed by atoms with Gasteiger partial charge in [0.15, 0.2) is 0 Å². The van der Waals surface area contributed by atoms with Gasteiger partial charge >= 0.3 is 5.63 Å². The molecular weight excluding hydrogens is 292 g/mol. The first kappa shape index (κ1) is 14.8. The summed E-state index contributed by atoms with van der Waals surface area (Å²) in [5.41, 5.74) is 0.253. The van der Waals surface area contributed by atoms with Gasteiger partial charge in [-0.3, -0.25) is 0 Å². The van der Waals surface area contributed by atoms with Gasteiger partial charge in [0.05, 0.1) is 18.3 Å². The number of hydrogen-bond acceptors (Lipinski definition) is 4. The number of fused-ring (bicyclic) bond motifs is 3.